The molecule has 0 heterocycles. The minimum atomic E-state index is -3.90. The Bertz CT molecular complexity index is 977. The van der Waals surface area contributed by atoms with Gasteiger partial charge in [0.2, 0.25) is 10.0 Å². The quantitative estimate of drug-likeness (QED) is 0.668. The van der Waals surface area contributed by atoms with Crippen LogP contribution in [0, 0.1) is 6.92 Å². The molecule has 0 unspecified atom stereocenters. The topological polar surface area (TPSA) is 108 Å². The van der Waals surface area contributed by atoms with Crippen molar-refractivity contribution < 1.29 is 22.7 Å². The summed E-state index contributed by atoms with van der Waals surface area (Å²) in [7, 11) is -3.90. The maximum absolute atomic E-state index is 12.6. The third-order valence-electron chi connectivity index (χ3n) is 3.77. The Kier molecular flexibility index (Phi) is 7.29. The molecule has 2 aromatic carbocycles. The Morgan fingerprint density at radius 3 is 2.50 bits per heavy atom. The van der Waals surface area contributed by atoms with E-state index in [0.717, 1.165) is 6.42 Å². The number of ether oxygens (including phenoxy) is 2. The zero-order valence-electron chi connectivity index (χ0n) is 15.9. The Labute approximate surface area is 169 Å². The minimum Gasteiger partial charge on any atom is -0.490 e. The number of nitrogens with two attached hydrogens (primary N) is 1. The van der Waals surface area contributed by atoms with Gasteiger partial charge in [-0.05, 0) is 50.1 Å². The summed E-state index contributed by atoms with van der Waals surface area (Å²) in [6.07, 6.45) is 0.796. The summed E-state index contributed by atoms with van der Waals surface area (Å²) >= 11 is 6.28. The van der Waals surface area contributed by atoms with E-state index in [2.05, 4.69) is 5.32 Å². The van der Waals surface area contributed by atoms with Gasteiger partial charge in [-0.25, -0.2) is 13.6 Å². The fourth-order valence-corrected chi connectivity index (χ4v) is 3.57. The van der Waals surface area contributed by atoms with Crippen molar-refractivity contribution in [1.29, 1.82) is 0 Å². The fraction of sp³-hybridized carbons (Fsp3) is 0.316. The van der Waals surface area contributed by atoms with Gasteiger partial charge in [0.15, 0.2) is 11.5 Å². The number of anilines is 1. The number of nitrogens with one attached hydrogen (secondary N) is 1. The Morgan fingerprint density at radius 1 is 1.18 bits per heavy atom. The number of hydrogen-bond acceptors (Lipinski definition) is 5. The van der Waals surface area contributed by atoms with E-state index >= 15 is 0 Å². The van der Waals surface area contributed by atoms with Crippen molar-refractivity contribution in [1.82, 2.24) is 0 Å². The predicted molar refractivity (Wildman–Crippen MR) is 109 cm³/mol. The highest BCUT2D eigenvalue weighted by Gasteiger charge is 2.18. The Hall–Kier alpha value is -2.29. The predicted octanol–water partition coefficient (Wildman–Crippen LogP) is 3.74. The van der Waals surface area contributed by atoms with Crippen LogP contribution in [0.4, 0.5) is 5.69 Å². The Morgan fingerprint density at radius 2 is 1.89 bits per heavy atom. The third kappa shape index (κ3) is 5.37. The second kappa shape index (κ2) is 9.27. The van der Waals surface area contributed by atoms with Crippen molar-refractivity contribution in [2.75, 3.05) is 18.5 Å². The molecule has 0 aliphatic carbocycles. The summed E-state index contributed by atoms with van der Waals surface area (Å²) in [5.74, 6) is 0.269. The summed E-state index contributed by atoms with van der Waals surface area (Å²) in [5, 5.41) is 8.10. The molecule has 3 N–H and O–H groups in total. The smallest absolute Gasteiger partial charge is 0.255 e. The van der Waals surface area contributed by atoms with Gasteiger partial charge in [0.05, 0.1) is 23.1 Å². The van der Waals surface area contributed by atoms with Crippen molar-refractivity contribution >= 4 is 33.2 Å². The highest BCUT2D eigenvalue weighted by atomic mass is 35.5. The van der Waals surface area contributed by atoms with Crippen molar-refractivity contribution in [3.63, 3.8) is 0 Å². The zero-order valence-corrected chi connectivity index (χ0v) is 17.5. The van der Waals surface area contributed by atoms with Crippen molar-refractivity contribution in [2.24, 2.45) is 5.14 Å². The molecule has 152 valence electrons. The highest BCUT2D eigenvalue weighted by molar-refractivity contribution is 7.89. The molecule has 0 atom stereocenters. The Balaban J connectivity index is 2.34. The van der Waals surface area contributed by atoms with E-state index in [4.69, 9.17) is 26.2 Å². The van der Waals surface area contributed by atoms with Crippen LogP contribution in [-0.2, 0) is 10.0 Å². The molecule has 1 amide bonds. The second-order valence-corrected chi connectivity index (χ2v) is 7.98. The van der Waals surface area contributed by atoms with Crippen LogP contribution in [0.25, 0.3) is 0 Å². The molecular formula is C19H23ClN2O5S. The maximum Gasteiger partial charge on any atom is 0.255 e. The van der Waals surface area contributed by atoms with Crippen LogP contribution in [0.3, 0.4) is 0 Å². The van der Waals surface area contributed by atoms with Crippen molar-refractivity contribution in [3.8, 4) is 11.5 Å². The van der Waals surface area contributed by atoms with Crippen LogP contribution in [0.5, 0.6) is 11.5 Å². The van der Waals surface area contributed by atoms with E-state index in [9.17, 15) is 13.2 Å². The van der Waals surface area contributed by atoms with Gasteiger partial charge in [-0.1, -0.05) is 24.6 Å². The number of rotatable bonds is 8. The van der Waals surface area contributed by atoms with E-state index in [1.54, 1.807) is 19.1 Å². The fourth-order valence-electron chi connectivity index (χ4n) is 2.49. The summed E-state index contributed by atoms with van der Waals surface area (Å²) < 4.78 is 34.5. The van der Waals surface area contributed by atoms with Gasteiger partial charge >= 0.3 is 0 Å². The largest absolute Gasteiger partial charge is 0.490 e. The van der Waals surface area contributed by atoms with Crippen LogP contribution in [-0.4, -0.2) is 27.5 Å². The molecule has 0 aliphatic rings. The number of aryl methyl sites for hydroxylation is 1. The van der Waals surface area contributed by atoms with E-state index in [0.29, 0.717) is 36.0 Å². The normalized spacial score (nSPS) is 11.2. The van der Waals surface area contributed by atoms with Crippen molar-refractivity contribution in [2.45, 2.75) is 32.1 Å². The molecule has 2 rings (SSSR count). The van der Waals surface area contributed by atoms with Gasteiger partial charge in [0, 0.05) is 11.3 Å². The van der Waals surface area contributed by atoms with Crippen LogP contribution in [0.15, 0.2) is 35.2 Å². The van der Waals surface area contributed by atoms with Gasteiger partial charge in [0.25, 0.3) is 5.91 Å². The first-order chi connectivity index (χ1) is 13.2. The first-order valence-electron chi connectivity index (χ1n) is 8.71. The average molecular weight is 427 g/mol. The van der Waals surface area contributed by atoms with Crippen molar-refractivity contribution in [3.05, 3.63) is 46.5 Å². The average Bonchev–Trinajstić information content (AvgIpc) is 2.61. The van der Waals surface area contributed by atoms with Gasteiger partial charge in [0.1, 0.15) is 0 Å². The number of carbonyl (C=O) groups excluding carboxylic acids is 1. The van der Waals surface area contributed by atoms with E-state index in [1.807, 2.05) is 13.8 Å². The second-order valence-electron chi connectivity index (χ2n) is 6.05. The highest BCUT2D eigenvalue weighted by Crippen LogP contribution is 2.37. The molecule has 0 aliphatic heterocycles. The summed E-state index contributed by atoms with van der Waals surface area (Å²) in [6.45, 7) is 6.23. The number of primary sulfonamides is 1. The molecule has 0 bridgehead atoms. The number of carbonyl (C=O) groups is 1. The lowest BCUT2D eigenvalue weighted by molar-refractivity contribution is 0.102. The first kappa shape index (κ1) is 22.0. The standard InChI is InChI=1S/C19H23ClN2O5S/c1-4-8-27-18-15(20)9-13(10-16(18)26-5-2)19(23)22-14-7-6-12(3)17(11-14)28(21,24)25/h6-7,9-11H,4-5,8H2,1-3H3,(H,22,23)(H2,21,24,25). The number of halogens is 1. The number of hydrogen-bond donors (Lipinski definition) is 2. The van der Waals surface area contributed by atoms with E-state index in [1.165, 1.54) is 18.2 Å². The zero-order chi connectivity index (χ0) is 20.9. The number of benzene rings is 2. The minimum absolute atomic E-state index is 0.0540. The lowest BCUT2D eigenvalue weighted by atomic mass is 10.1. The molecule has 0 aromatic heterocycles. The molecule has 28 heavy (non-hydrogen) atoms. The van der Waals surface area contributed by atoms with Crippen LogP contribution in [0.2, 0.25) is 5.02 Å². The van der Waals surface area contributed by atoms with Crippen LogP contribution in [0.1, 0.15) is 36.2 Å². The molecule has 2 aromatic rings. The van der Waals surface area contributed by atoms with Crippen LogP contribution < -0.4 is 19.9 Å². The van der Waals surface area contributed by atoms with Gasteiger partial charge in [-0.15, -0.1) is 0 Å². The number of sulfonamides is 1. The maximum atomic E-state index is 12.6. The third-order valence-corrected chi connectivity index (χ3v) is 5.11. The number of amides is 1. The van der Waals surface area contributed by atoms with E-state index < -0.39 is 15.9 Å². The molecule has 0 spiro atoms. The summed E-state index contributed by atoms with van der Waals surface area (Å²) in [6, 6.07) is 7.47. The lowest BCUT2D eigenvalue weighted by Crippen LogP contribution is -2.16. The molecular weight excluding hydrogens is 404 g/mol. The van der Waals surface area contributed by atoms with E-state index in [-0.39, 0.29) is 15.5 Å². The molecule has 0 saturated heterocycles. The molecule has 0 fully saturated rings. The SMILES string of the molecule is CCCOc1c(Cl)cc(C(=O)Nc2ccc(C)c(S(N)(=O)=O)c2)cc1OCC. The van der Waals surface area contributed by atoms with Gasteiger partial charge < -0.3 is 14.8 Å². The molecule has 9 heteroatoms. The molecule has 0 radical (unpaired) electrons. The summed E-state index contributed by atoms with van der Waals surface area (Å²) in [5.41, 5.74) is 1.02. The lowest BCUT2D eigenvalue weighted by Gasteiger charge is -2.15. The first-order valence-corrected chi connectivity index (χ1v) is 10.6. The molecule has 0 saturated carbocycles. The summed E-state index contributed by atoms with van der Waals surface area (Å²) in [4.78, 5) is 12.6. The monoisotopic (exact) mass is 426 g/mol. The molecule has 7 nitrogen and oxygen atoms in total. The van der Waals surface area contributed by atoms with Gasteiger partial charge in [-0.2, -0.15) is 0 Å². The van der Waals surface area contributed by atoms with Crippen LogP contribution >= 0.6 is 11.6 Å². The van der Waals surface area contributed by atoms with Gasteiger partial charge in [-0.3, -0.25) is 4.79 Å².